The van der Waals surface area contributed by atoms with E-state index in [9.17, 15) is 9.59 Å². The lowest BCUT2D eigenvalue weighted by Crippen LogP contribution is -2.47. The van der Waals surface area contributed by atoms with Gasteiger partial charge in [-0.25, -0.2) is 0 Å². The first-order valence-corrected chi connectivity index (χ1v) is 8.83. The highest BCUT2D eigenvalue weighted by molar-refractivity contribution is 5.82. The summed E-state index contributed by atoms with van der Waals surface area (Å²) in [5, 5.41) is 10.1. The lowest BCUT2D eigenvalue weighted by molar-refractivity contribution is -0.132. The molecular weight excluding hydrogens is 308 g/mol. The average molecular weight is 334 g/mol. The Hall–Kier alpha value is -1.89. The van der Waals surface area contributed by atoms with Gasteiger partial charge in [0.1, 0.15) is 5.76 Å². The van der Waals surface area contributed by atoms with Gasteiger partial charge in [-0.2, -0.15) is 0 Å². The van der Waals surface area contributed by atoms with Crippen LogP contribution >= 0.6 is 0 Å². The zero-order valence-corrected chi connectivity index (χ0v) is 14.2. The summed E-state index contributed by atoms with van der Waals surface area (Å²) in [6.07, 6.45) is 4.28. The Morgan fingerprint density at radius 1 is 1.42 bits per heavy atom. The minimum atomic E-state index is -0.0401. The van der Waals surface area contributed by atoms with Crippen LogP contribution in [0.2, 0.25) is 0 Å². The number of carbonyl (C=O) groups is 2. The minimum Gasteiger partial charge on any atom is -0.361 e. The van der Waals surface area contributed by atoms with Crippen molar-refractivity contribution in [2.75, 3.05) is 26.2 Å². The molecule has 7 heteroatoms. The van der Waals surface area contributed by atoms with Crippen molar-refractivity contribution in [3.8, 4) is 0 Å². The number of likely N-dealkylation sites (tertiary alicyclic amines) is 1. The van der Waals surface area contributed by atoms with Gasteiger partial charge in [0.2, 0.25) is 11.8 Å². The number of amides is 2. The lowest BCUT2D eigenvalue weighted by atomic mass is 9.97. The van der Waals surface area contributed by atoms with Crippen LogP contribution in [-0.2, 0) is 16.0 Å². The summed E-state index contributed by atoms with van der Waals surface area (Å²) in [5.41, 5.74) is 0.681. The smallest absolute Gasteiger partial charge is 0.237 e. The van der Waals surface area contributed by atoms with Crippen molar-refractivity contribution in [1.82, 2.24) is 20.7 Å². The first-order chi connectivity index (χ1) is 11.6. The van der Waals surface area contributed by atoms with Gasteiger partial charge in [0.25, 0.3) is 0 Å². The lowest BCUT2D eigenvalue weighted by Gasteiger charge is -2.33. The first kappa shape index (κ1) is 17.0. The molecular formula is C17H26N4O3. The van der Waals surface area contributed by atoms with Gasteiger partial charge < -0.3 is 20.1 Å². The van der Waals surface area contributed by atoms with E-state index in [1.165, 1.54) is 0 Å². The van der Waals surface area contributed by atoms with Crippen LogP contribution in [0.15, 0.2) is 10.6 Å². The molecule has 0 spiro atoms. The van der Waals surface area contributed by atoms with Crippen LogP contribution in [0.1, 0.15) is 37.1 Å². The fourth-order valence-electron chi connectivity index (χ4n) is 3.50. The molecule has 3 rings (SSSR count). The van der Waals surface area contributed by atoms with Crippen molar-refractivity contribution in [3.63, 3.8) is 0 Å². The van der Waals surface area contributed by atoms with Crippen LogP contribution in [0.4, 0.5) is 0 Å². The quantitative estimate of drug-likeness (QED) is 0.825. The molecule has 1 aromatic rings. The fourth-order valence-corrected chi connectivity index (χ4v) is 3.50. The molecule has 2 N–H and O–H groups in total. The van der Waals surface area contributed by atoms with Crippen LogP contribution in [0.3, 0.4) is 0 Å². The molecule has 2 amide bonds. The van der Waals surface area contributed by atoms with Crippen LogP contribution in [0, 0.1) is 12.8 Å². The predicted octanol–water partition coefficient (Wildman–Crippen LogP) is 0.632. The van der Waals surface area contributed by atoms with E-state index < -0.39 is 0 Å². The highest BCUT2D eigenvalue weighted by atomic mass is 16.5. The van der Waals surface area contributed by atoms with Crippen molar-refractivity contribution in [2.24, 2.45) is 5.92 Å². The molecule has 2 aliphatic rings. The van der Waals surface area contributed by atoms with E-state index in [0.29, 0.717) is 24.7 Å². The normalized spacial score (nSPS) is 24.1. The number of piperidine rings is 1. The summed E-state index contributed by atoms with van der Waals surface area (Å²) in [6, 6.07) is 1.76. The fraction of sp³-hybridized carbons (Fsp3) is 0.706. The summed E-state index contributed by atoms with van der Waals surface area (Å²) < 4.78 is 5.01. The third-order valence-corrected chi connectivity index (χ3v) is 4.82. The van der Waals surface area contributed by atoms with Crippen LogP contribution in [-0.4, -0.2) is 54.1 Å². The number of carbonyl (C=O) groups excluding carboxylic acids is 2. The molecule has 2 aliphatic heterocycles. The Bertz CT molecular complexity index is 580. The highest BCUT2D eigenvalue weighted by Gasteiger charge is 2.26. The summed E-state index contributed by atoms with van der Waals surface area (Å²) in [6.45, 7) is 4.87. The average Bonchev–Trinajstić information content (AvgIpc) is 3.25. The van der Waals surface area contributed by atoms with Gasteiger partial charge in [-0.1, -0.05) is 5.16 Å². The Kier molecular flexibility index (Phi) is 5.50. The number of aryl methyl sites for hydroxylation is 1. The van der Waals surface area contributed by atoms with Crippen LogP contribution in [0.5, 0.6) is 0 Å². The van der Waals surface area contributed by atoms with Gasteiger partial charge in [-0.3, -0.25) is 9.59 Å². The summed E-state index contributed by atoms with van der Waals surface area (Å²) in [5.74, 6) is 1.22. The monoisotopic (exact) mass is 334 g/mol. The van der Waals surface area contributed by atoms with Gasteiger partial charge in [-0.15, -0.1) is 0 Å². The second-order valence-corrected chi connectivity index (χ2v) is 6.85. The van der Waals surface area contributed by atoms with E-state index in [1.807, 2.05) is 11.8 Å². The molecule has 132 valence electrons. The Labute approximate surface area is 142 Å². The second-order valence-electron chi connectivity index (χ2n) is 6.85. The summed E-state index contributed by atoms with van der Waals surface area (Å²) in [4.78, 5) is 26.4. The molecule has 2 fully saturated rings. The highest BCUT2D eigenvalue weighted by Crippen LogP contribution is 2.17. The third kappa shape index (κ3) is 4.35. The van der Waals surface area contributed by atoms with Crippen molar-refractivity contribution < 1.29 is 14.1 Å². The molecule has 24 heavy (non-hydrogen) atoms. The third-order valence-electron chi connectivity index (χ3n) is 4.82. The van der Waals surface area contributed by atoms with Gasteiger partial charge >= 0.3 is 0 Å². The molecule has 2 saturated heterocycles. The molecule has 0 aromatic carbocycles. The van der Waals surface area contributed by atoms with Crippen LogP contribution in [0.25, 0.3) is 0 Å². The second kappa shape index (κ2) is 7.79. The Morgan fingerprint density at radius 2 is 2.29 bits per heavy atom. The molecule has 0 bridgehead atoms. The molecule has 2 atom stereocenters. The first-order valence-electron chi connectivity index (χ1n) is 8.83. The molecule has 3 heterocycles. The largest absolute Gasteiger partial charge is 0.361 e. The SMILES string of the molecule is Cc1cc(CC(=O)N2CCCC(CNC(=O)C3CCCN3)C2)no1. The van der Waals surface area contributed by atoms with Gasteiger partial charge in [0.05, 0.1) is 18.2 Å². The zero-order valence-electron chi connectivity index (χ0n) is 14.2. The molecule has 0 saturated carbocycles. The summed E-state index contributed by atoms with van der Waals surface area (Å²) in [7, 11) is 0. The summed E-state index contributed by atoms with van der Waals surface area (Å²) >= 11 is 0. The predicted molar refractivity (Wildman–Crippen MR) is 88.3 cm³/mol. The Balaban J connectivity index is 1.45. The number of rotatable bonds is 5. The van der Waals surface area contributed by atoms with E-state index in [1.54, 1.807) is 6.07 Å². The van der Waals surface area contributed by atoms with Crippen molar-refractivity contribution in [2.45, 2.75) is 45.1 Å². The number of nitrogens with zero attached hydrogens (tertiary/aromatic N) is 2. The maximum absolute atomic E-state index is 12.4. The van der Waals surface area contributed by atoms with Crippen molar-refractivity contribution >= 4 is 11.8 Å². The zero-order chi connectivity index (χ0) is 16.9. The van der Waals surface area contributed by atoms with Crippen molar-refractivity contribution in [3.05, 3.63) is 17.5 Å². The standard InChI is InChI=1S/C17H26N4O3/c1-12-8-14(20-24-12)9-16(22)21-7-3-4-13(11-21)10-19-17(23)15-5-2-6-18-15/h8,13,15,18H,2-7,9-11H2,1H3,(H,19,23). The van der Waals surface area contributed by atoms with E-state index in [-0.39, 0.29) is 24.3 Å². The van der Waals surface area contributed by atoms with Crippen LogP contribution < -0.4 is 10.6 Å². The molecule has 7 nitrogen and oxygen atoms in total. The Morgan fingerprint density at radius 3 is 3.00 bits per heavy atom. The minimum absolute atomic E-state index is 0.0401. The number of hydrogen-bond acceptors (Lipinski definition) is 5. The molecule has 2 unspecified atom stereocenters. The van der Waals surface area contributed by atoms with Gasteiger partial charge in [0, 0.05) is 25.7 Å². The molecule has 0 aliphatic carbocycles. The van der Waals surface area contributed by atoms with Gasteiger partial charge in [-0.05, 0) is 45.1 Å². The number of hydrogen-bond donors (Lipinski definition) is 2. The topological polar surface area (TPSA) is 87.5 Å². The van der Waals surface area contributed by atoms with E-state index in [0.717, 1.165) is 44.5 Å². The van der Waals surface area contributed by atoms with E-state index in [4.69, 9.17) is 4.52 Å². The van der Waals surface area contributed by atoms with E-state index in [2.05, 4.69) is 15.8 Å². The maximum Gasteiger partial charge on any atom is 0.237 e. The number of nitrogens with one attached hydrogen (secondary N) is 2. The van der Waals surface area contributed by atoms with Gasteiger partial charge in [0.15, 0.2) is 0 Å². The molecule has 0 radical (unpaired) electrons. The maximum atomic E-state index is 12.4. The van der Waals surface area contributed by atoms with E-state index >= 15 is 0 Å². The molecule has 1 aromatic heterocycles. The number of aromatic nitrogens is 1. The van der Waals surface area contributed by atoms with Crippen molar-refractivity contribution in [1.29, 1.82) is 0 Å².